The van der Waals surface area contributed by atoms with Gasteiger partial charge in [-0.3, -0.25) is 14.9 Å². The number of amides is 4. The van der Waals surface area contributed by atoms with Crippen LogP contribution in [0.3, 0.4) is 0 Å². The summed E-state index contributed by atoms with van der Waals surface area (Å²) < 4.78 is 5.70. The minimum absolute atomic E-state index is 0.188. The number of nitriles is 1. The van der Waals surface area contributed by atoms with E-state index in [-0.39, 0.29) is 23.0 Å². The lowest BCUT2D eigenvalue weighted by Gasteiger charge is -2.27. The predicted molar refractivity (Wildman–Crippen MR) is 115 cm³/mol. The van der Waals surface area contributed by atoms with Crippen molar-refractivity contribution in [1.82, 2.24) is 5.32 Å². The van der Waals surface area contributed by atoms with Crippen molar-refractivity contribution < 1.29 is 19.1 Å². The number of imide groups is 2. The molecule has 9 heteroatoms. The summed E-state index contributed by atoms with van der Waals surface area (Å²) in [6.07, 6.45) is 1.34. The summed E-state index contributed by atoms with van der Waals surface area (Å²) in [5, 5.41) is 11.0. The molecule has 0 aromatic heterocycles. The molecule has 0 saturated carbocycles. The normalized spacial score (nSPS) is 15.2. The molecule has 0 aliphatic carbocycles. The van der Waals surface area contributed by atoms with E-state index in [1.807, 2.05) is 19.9 Å². The Labute approximate surface area is 186 Å². The number of benzene rings is 2. The molecule has 1 N–H and O–H groups in total. The number of carbonyl (C=O) groups is 3. The van der Waals surface area contributed by atoms with Crippen LogP contribution in [0.2, 0.25) is 5.02 Å². The van der Waals surface area contributed by atoms with Gasteiger partial charge in [0.25, 0.3) is 11.8 Å². The van der Waals surface area contributed by atoms with Gasteiger partial charge in [0.15, 0.2) is 12.4 Å². The van der Waals surface area contributed by atoms with Crippen molar-refractivity contribution in [2.75, 3.05) is 11.5 Å². The highest BCUT2D eigenvalue weighted by atomic mass is 79.9. The van der Waals surface area contributed by atoms with E-state index in [2.05, 4.69) is 21.2 Å². The lowest BCUT2D eigenvalue weighted by molar-refractivity contribution is -0.122. The number of carbonyl (C=O) groups excluding carboxylic acids is 3. The lowest BCUT2D eigenvalue weighted by Crippen LogP contribution is -2.54. The SMILES string of the molecule is Cc1ccc(N2C(=O)NC(=O)/C(=C\c3cc(Cl)c(OCC#N)c(Br)c3)C2=O)cc1C. The Kier molecular flexibility index (Phi) is 6.25. The maximum Gasteiger partial charge on any atom is 0.335 e. The molecule has 30 heavy (non-hydrogen) atoms. The molecule has 1 saturated heterocycles. The second-order valence-corrected chi connectivity index (χ2v) is 7.75. The standard InChI is InChI=1S/C21H15BrClN3O4/c1-11-3-4-14(7-12(11)2)26-20(28)15(19(27)25-21(26)29)8-13-9-16(22)18(17(23)10-13)30-6-5-24/h3-4,7-10H,6H2,1-2H3,(H,25,27,29)/b15-8+. The largest absolute Gasteiger partial charge is 0.476 e. The van der Waals surface area contributed by atoms with Crippen molar-refractivity contribution in [3.05, 3.63) is 62.1 Å². The van der Waals surface area contributed by atoms with E-state index in [0.717, 1.165) is 16.0 Å². The van der Waals surface area contributed by atoms with E-state index < -0.39 is 17.8 Å². The molecular weight excluding hydrogens is 474 g/mol. The topological polar surface area (TPSA) is 99.5 Å². The number of urea groups is 1. The van der Waals surface area contributed by atoms with Gasteiger partial charge in [0.05, 0.1) is 15.2 Å². The van der Waals surface area contributed by atoms with Crippen LogP contribution in [0.5, 0.6) is 5.75 Å². The van der Waals surface area contributed by atoms with Crippen LogP contribution < -0.4 is 15.0 Å². The third-order valence-corrected chi connectivity index (χ3v) is 5.33. The first-order valence-corrected chi connectivity index (χ1v) is 9.87. The first-order chi connectivity index (χ1) is 14.2. The van der Waals surface area contributed by atoms with Crippen LogP contribution >= 0.6 is 27.5 Å². The predicted octanol–water partition coefficient (Wildman–Crippen LogP) is 4.29. The summed E-state index contributed by atoms with van der Waals surface area (Å²) in [6, 6.07) is 9.24. The van der Waals surface area contributed by atoms with Crippen LogP contribution in [0.4, 0.5) is 10.5 Å². The highest BCUT2D eigenvalue weighted by Crippen LogP contribution is 2.35. The minimum atomic E-state index is -0.815. The van der Waals surface area contributed by atoms with Gasteiger partial charge >= 0.3 is 6.03 Å². The van der Waals surface area contributed by atoms with Crippen molar-refractivity contribution in [2.24, 2.45) is 0 Å². The van der Waals surface area contributed by atoms with Crippen molar-refractivity contribution in [3.8, 4) is 11.8 Å². The Morgan fingerprint density at radius 3 is 2.57 bits per heavy atom. The van der Waals surface area contributed by atoms with E-state index in [1.165, 1.54) is 12.1 Å². The van der Waals surface area contributed by atoms with E-state index in [0.29, 0.717) is 15.7 Å². The number of aryl methyl sites for hydroxylation is 2. The lowest BCUT2D eigenvalue weighted by atomic mass is 10.0. The Bertz CT molecular complexity index is 1130. The van der Waals surface area contributed by atoms with Gasteiger partial charge in [0, 0.05) is 0 Å². The number of nitrogens with zero attached hydrogens (tertiary/aromatic N) is 2. The van der Waals surface area contributed by atoms with Crippen molar-refractivity contribution in [2.45, 2.75) is 13.8 Å². The Morgan fingerprint density at radius 1 is 1.20 bits per heavy atom. The van der Waals surface area contributed by atoms with Crippen LogP contribution in [0, 0.1) is 25.2 Å². The van der Waals surface area contributed by atoms with Gasteiger partial charge in [-0.25, -0.2) is 9.69 Å². The van der Waals surface area contributed by atoms with Crippen molar-refractivity contribution in [1.29, 1.82) is 5.26 Å². The number of hydrogen-bond donors (Lipinski definition) is 1. The van der Waals surface area contributed by atoms with Gasteiger partial charge in [-0.2, -0.15) is 5.26 Å². The zero-order valence-electron chi connectivity index (χ0n) is 16.0. The van der Waals surface area contributed by atoms with Crippen LogP contribution in [0.25, 0.3) is 6.08 Å². The zero-order chi connectivity index (χ0) is 22.0. The summed E-state index contributed by atoms with van der Waals surface area (Å²) in [6.45, 7) is 3.59. The van der Waals surface area contributed by atoms with E-state index in [1.54, 1.807) is 24.3 Å². The van der Waals surface area contributed by atoms with Crippen LogP contribution in [-0.4, -0.2) is 24.5 Å². The monoisotopic (exact) mass is 487 g/mol. The molecule has 3 rings (SSSR count). The van der Waals surface area contributed by atoms with Gasteiger partial charge in [-0.05, 0) is 76.8 Å². The summed E-state index contributed by atoms with van der Waals surface area (Å²) in [5.41, 5.74) is 2.48. The number of halogens is 2. The summed E-state index contributed by atoms with van der Waals surface area (Å²) >= 11 is 9.50. The van der Waals surface area contributed by atoms with Gasteiger partial charge in [-0.1, -0.05) is 17.7 Å². The fourth-order valence-electron chi connectivity index (χ4n) is 2.83. The fourth-order valence-corrected chi connectivity index (χ4v) is 3.82. The zero-order valence-corrected chi connectivity index (χ0v) is 18.3. The third-order valence-electron chi connectivity index (χ3n) is 4.46. The number of barbiturate groups is 1. The highest BCUT2D eigenvalue weighted by molar-refractivity contribution is 9.10. The number of nitrogens with one attached hydrogen (secondary N) is 1. The van der Waals surface area contributed by atoms with Gasteiger partial charge < -0.3 is 4.74 Å². The molecule has 0 atom stereocenters. The maximum atomic E-state index is 13.0. The average molecular weight is 489 g/mol. The molecule has 0 radical (unpaired) electrons. The van der Waals surface area contributed by atoms with Crippen LogP contribution in [0.15, 0.2) is 40.4 Å². The molecule has 1 aliphatic heterocycles. The summed E-state index contributed by atoms with van der Waals surface area (Å²) in [5.74, 6) is -1.28. The van der Waals surface area contributed by atoms with Crippen molar-refractivity contribution in [3.63, 3.8) is 0 Å². The van der Waals surface area contributed by atoms with Crippen molar-refractivity contribution >= 4 is 57.1 Å². The van der Waals surface area contributed by atoms with E-state index >= 15 is 0 Å². The van der Waals surface area contributed by atoms with Gasteiger partial charge in [-0.15, -0.1) is 0 Å². The number of anilines is 1. The second kappa shape index (κ2) is 8.69. The van der Waals surface area contributed by atoms with E-state index in [4.69, 9.17) is 21.6 Å². The molecule has 0 spiro atoms. The number of rotatable bonds is 4. The maximum absolute atomic E-state index is 13.0. The molecule has 1 fully saturated rings. The summed E-state index contributed by atoms with van der Waals surface area (Å²) in [7, 11) is 0. The first-order valence-electron chi connectivity index (χ1n) is 8.70. The molecule has 152 valence electrons. The molecule has 1 heterocycles. The second-order valence-electron chi connectivity index (χ2n) is 6.49. The Balaban J connectivity index is 2.00. The smallest absolute Gasteiger partial charge is 0.335 e. The quantitative estimate of drug-likeness (QED) is 0.511. The van der Waals surface area contributed by atoms with Gasteiger partial charge in [0.2, 0.25) is 0 Å². The van der Waals surface area contributed by atoms with E-state index in [9.17, 15) is 14.4 Å². The molecule has 2 aromatic carbocycles. The van der Waals surface area contributed by atoms with Gasteiger partial charge in [0.1, 0.15) is 11.6 Å². The molecule has 2 aromatic rings. The minimum Gasteiger partial charge on any atom is -0.476 e. The molecule has 4 amide bonds. The summed E-state index contributed by atoms with van der Waals surface area (Å²) in [4.78, 5) is 38.6. The molecule has 1 aliphatic rings. The molecule has 7 nitrogen and oxygen atoms in total. The first kappa shape index (κ1) is 21.6. The number of ether oxygens (including phenoxy) is 1. The Morgan fingerprint density at radius 2 is 1.93 bits per heavy atom. The highest BCUT2D eigenvalue weighted by Gasteiger charge is 2.37. The third kappa shape index (κ3) is 4.22. The van der Waals surface area contributed by atoms with Crippen LogP contribution in [-0.2, 0) is 9.59 Å². The Hall–Kier alpha value is -3.15. The molecule has 0 bridgehead atoms. The molecular formula is C21H15BrClN3O4. The van der Waals surface area contributed by atoms with Crippen LogP contribution in [0.1, 0.15) is 16.7 Å². The fraction of sp³-hybridized carbons (Fsp3) is 0.143. The average Bonchev–Trinajstić information content (AvgIpc) is 2.67. The molecule has 0 unspecified atom stereocenters. The number of hydrogen-bond acceptors (Lipinski definition) is 5.